The Morgan fingerprint density at radius 1 is 1.29 bits per heavy atom. The minimum atomic E-state index is -1.06. The van der Waals surface area contributed by atoms with E-state index in [1.165, 1.54) is 12.1 Å². The second-order valence-corrected chi connectivity index (χ2v) is 5.27. The summed E-state index contributed by atoms with van der Waals surface area (Å²) in [6, 6.07) is 5.02. The van der Waals surface area contributed by atoms with E-state index in [-0.39, 0.29) is 24.1 Å². The van der Waals surface area contributed by atoms with Gasteiger partial charge in [0, 0.05) is 6.42 Å². The fourth-order valence-electron chi connectivity index (χ4n) is 2.42. The summed E-state index contributed by atoms with van der Waals surface area (Å²) < 4.78 is 0. The normalized spacial score (nSPS) is 19.7. The number of aliphatic carboxylic acids is 1. The molecule has 6 nitrogen and oxygen atoms in total. The van der Waals surface area contributed by atoms with Crippen molar-refractivity contribution in [2.24, 2.45) is 0 Å². The second kappa shape index (κ2) is 7.08. The summed E-state index contributed by atoms with van der Waals surface area (Å²) in [5.41, 5.74) is 0.747. The lowest BCUT2D eigenvalue weighted by atomic mass is 10.0. The minimum Gasteiger partial charge on any atom is -0.508 e. The number of hydrogen-bond donors (Lipinski definition) is 4. The first-order valence-electron chi connectivity index (χ1n) is 7.11. The van der Waals surface area contributed by atoms with Crippen LogP contribution in [-0.2, 0) is 16.0 Å². The van der Waals surface area contributed by atoms with E-state index in [0.717, 1.165) is 31.4 Å². The molecule has 1 aromatic carbocycles. The lowest BCUT2D eigenvalue weighted by Gasteiger charge is -2.24. The zero-order valence-electron chi connectivity index (χ0n) is 11.7. The molecule has 2 rings (SSSR count). The van der Waals surface area contributed by atoms with Crippen molar-refractivity contribution in [1.82, 2.24) is 10.6 Å². The summed E-state index contributed by atoms with van der Waals surface area (Å²) in [4.78, 5) is 23.4. The summed E-state index contributed by atoms with van der Waals surface area (Å²) in [6.45, 7) is 0.786. The van der Waals surface area contributed by atoms with Gasteiger partial charge in [0.05, 0.1) is 6.04 Å². The van der Waals surface area contributed by atoms with Crippen LogP contribution >= 0.6 is 0 Å². The largest absolute Gasteiger partial charge is 0.508 e. The fraction of sp³-hybridized carbons (Fsp3) is 0.467. The van der Waals surface area contributed by atoms with E-state index in [9.17, 15) is 19.8 Å². The highest BCUT2D eigenvalue weighted by atomic mass is 16.4. The van der Waals surface area contributed by atoms with Crippen LogP contribution in [0.3, 0.4) is 0 Å². The van der Waals surface area contributed by atoms with Gasteiger partial charge in [-0.15, -0.1) is 0 Å². The molecule has 0 saturated carbocycles. The first-order valence-corrected chi connectivity index (χ1v) is 7.11. The Bertz CT molecular complexity index is 495. The quantitative estimate of drug-likeness (QED) is 0.638. The molecule has 0 spiro atoms. The predicted molar refractivity (Wildman–Crippen MR) is 77.0 cm³/mol. The van der Waals surface area contributed by atoms with Crippen molar-refractivity contribution in [3.63, 3.8) is 0 Å². The maximum atomic E-state index is 12.1. The van der Waals surface area contributed by atoms with Crippen LogP contribution in [0, 0.1) is 0 Å². The summed E-state index contributed by atoms with van der Waals surface area (Å²) in [6.07, 6.45) is 2.94. The molecule has 1 saturated heterocycles. The molecule has 1 aromatic rings. The first-order chi connectivity index (χ1) is 10.1. The zero-order chi connectivity index (χ0) is 15.2. The monoisotopic (exact) mass is 292 g/mol. The zero-order valence-corrected chi connectivity index (χ0v) is 11.7. The van der Waals surface area contributed by atoms with Gasteiger partial charge in [-0.3, -0.25) is 4.79 Å². The van der Waals surface area contributed by atoms with Gasteiger partial charge >= 0.3 is 5.97 Å². The van der Waals surface area contributed by atoms with Gasteiger partial charge in [-0.05, 0) is 37.1 Å². The van der Waals surface area contributed by atoms with Crippen molar-refractivity contribution < 1.29 is 19.8 Å². The Labute approximate surface area is 123 Å². The Morgan fingerprint density at radius 3 is 2.57 bits per heavy atom. The highest BCUT2D eigenvalue weighted by Gasteiger charge is 2.26. The van der Waals surface area contributed by atoms with Gasteiger partial charge in [0.25, 0.3) is 0 Å². The molecule has 0 unspecified atom stereocenters. The van der Waals surface area contributed by atoms with Crippen LogP contribution in [0.25, 0.3) is 0 Å². The van der Waals surface area contributed by atoms with Crippen molar-refractivity contribution in [1.29, 1.82) is 0 Å². The average Bonchev–Trinajstić information content (AvgIpc) is 2.49. The molecule has 0 radical (unpaired) electrons. The highest BCUT2D eigenvalue weighted by molar-refractivity contribution is 5.87. The summed E-state index contributed by atoms with van der Waals surface area (Å²) >= 11 is 0. The number of rotatable bonds is 5. The number of amides is 1. The molecule has 2 atom stereocenters. The molecular formula is C15H20N2O4. The third-order valence-electron chi connectivity index (χ3n) is 3.62. The van der Waals surface area contributed by atoms with Crippen LogP contribution < -0.4 is 10.6 Å². The van der Waals surface area contributed by atoms with Crippen molar-refractivity contribution >= 4 is 11.9 Å². The lowest BCUT2D eigenvalue weighted by Crippen LogP contribution is -2.52. The van der Waals surface area contributed by atoms with E-state index in [0.29, 0.717) is 0 Å². The molecule has 1 heterocycles. The number of benzene rings is 1. The Hall–Kier alpha value is -2.08. The number of piperidine rings is 1. The van der Waals surface area contributed by atoms with Gasteiger partial charge in [0.2, 0.25) is 5.91 Å². The van der Waals surface area contributed by atoms with E-state index in [1.807, 2.05) is 0 Å². The second-order valence-electron chi connectivity index (χ2n) is 5.27. The average molecular weight is 292 g/mol. The van der Waals surface area contributed by atoms with Gasteiger partial charge in [-0.1, -0.05) is 18.6 Å². The minimum absolute atomic E-state index is 0.126. The van der Waals surface area contributed by atoms with Crippen molar-refractivity contribution in [3.05, 3.63) is 29.8 Å². The fourth-order valence-corrected chi connectivity index (χ4v) is 2.42. The van der Waals surface area contributed by atoms with E-state index in [2.05, 4.69) is 10.6 Å². The number of aromatic hydroxyl groups is 1. The summed E-state index contributed by atoms with van der Waals surface area (Å²) in [5.74, 6) is -1.20. The summed E-state index contributed by atoms with van der Waals surface area (Å²) in [5, 5.41) is 24.2. The molecule has 0 aromatic heterocycles. The molecule has 114 valence electrons. The number of phenolic OH excluding ortho intramolecular Hbond substituents is 1. The molecule has 0 aliphatic carbocycles. The predicted octanol–water partition coefficient (Wildman–Crippen LogP) is 0.646. The molecule has 1 aliphatic heterocycles. The molecule has 1 aliphatic rings. The third kappa shape index (κ3) is 4.46. The van der Waals surface area contributed by atoms with Gasteiger partial charge in [0.1, 0.15) is 11.8 Å². The summed E-state index contributed by atoms with van der Waals surface area (Å²) in [7, 11) is 0. The lowest BCUT2D eigenvalue weighted by molar-refractivity contribution is -0.142. The number of carboxylic acids is 1. The van der Waals surface area contributed by atoms with Crippen molar-refractivity contribution in [3.8, 4) is 5.75 Å². The van der Waals surface area contributed by atoms with Gasteiger partial charge in [0.15, 0.2) is 0 Å². The van der Waals surface area contributed by atoms with E-state index < -0.39 is 12.0 Å². The molecule has 1 fully saturated rings. The Balaban J connectivity index is 1.96. The number of phenols is 1. The highest BCUT2D eigenvalue weighted by Crippen LogP contribution is 2.12. The van der Waals surface area contributed by atoms with Gasteiger partial charge < -0.3 is 20.8 Å². The molecule has 6 heteroatoms. The third-order valence-corrected chi connectivity index (χ3v) is 3.62. The van der Waals surface area contributed by atoms with Crippen LogP contribution in [0.5, 0.6) is 5.75 Å². The van der Waals surface area contributed by atoms with Crippen LogP contribution in [0.4, 0.5) is 0 Å². The smallest absolute Gasteiger partial charge is 0.326 e. The van der Waals surface area contributed by atoms with Crippen LogP contribution in [0.1, 0.15) is 24.8 Å². The Kier molecular flexibility index (Phi) is 5.16. The molecule has 0 bridgehead atoms. The number of hydrogen-bond acceptors (Lipinski definition) is 4. The van der Waals surface area contributed by atoms with Crippen molar-refractivity contribution in [2.45, 2.75) is 37.8 Å². The first kappa shape index (κ1) is 15.3. The molecule has 21 heavy (non-hydrogen) atoms. The van der Waals surface area contributed by atoms with E-state index in [1.54, 1.807) is 12.1 Å². The molecular weight excluding hydrogens is 272 g/mol. The van der Waals surface area contributed by atoms with Crippen molar-refractivity contribution in [2.75, 3.05) is 6.54 Å². The van der Waals surface area contributed by atoms with E-state index >= 15 is 0 Å². The van der Waals surface area contributed by atoms with E-state index in [4.69, 9.17) is 0 Å². The Morgan fingerprint density at radius 2 is 2.00 bits per heavy atom. The number of nitrogens with one attached hydrogen (secondary N) is 2. The topological polar surface area (TPSA) is 98.7 Å². The number of carbonyl (C=O) groups is 2. The van der Waals surface area contributed by atoms with Gasteiger partial charge in [-0.2, -0.15) is 0 Å². The van der Waals surface area contributed by atoms with Crippen LogP contribution in [-0.4, -0.2) is 40.7 Å². The molecule has 1 amide bonds. The maximum absolute atomic E-state index is 12.1. The standard InChI is InChI=1S/C15H20N2O4/c18-11-6-4-10(5-7-11)9-13(15(20)21)17-14(19)12-3-1-2-8-16-12/h4-7,12-13,16,18H,1-3,8-9H2,(H,17,19)(H,20,21)/t12-,13-/m1/s1. The number of carboxylic acid groups (broad SMARTS) is 1. The van der Waals surface area contributed by atoms with Crippen LogP contribution in [0.2, 0.25) is 0 Å². The van der Waals surface area contributed by atoms with Gasteiger partial charge in [-0.25, -0.2) is 4.79 Å². The molecule has 4 N–H and O–H groups in total. The number of carbonyl (C=O) groups excluding carboxylic acids is 1. The van der Waals surface area contributed by atoms with Crippen LogP contribution in [0.15, 0.2) is 24.3 Å². The maximum Gasteiger partial charge on any atom is 0.326 e. The SMILES string of the molecule is O=C(O)[C@@H](Cc1ccc(O)cc1)NC(=O)[C@H]1CCCCN1.